The number of hydrogen-bond acceptors (Lipinski definition) is 9. The van der Waals surface area contributed by atoms with E-state index in [0.29, 0.717) is 23.9 Å². The summed E-state index contributed by atoms with van der Waals surface area (Å²) in [7, 11) is 0. The van der Waals surface area contributed by atoms with E-state index in [1.807, 2.05) is 12.3 Å². The van der Waals surface area contributed by atoms with E-state index in [1.54, 1.807) is 18.2 Å². The van der Waals surface area contributed by atoms with Gasteiger partial charge in [-0.1, -0.05) is 0 Å². The predicted molar refractivity (Wildman–Crippen MR) is 170 cm³/mol. The molecule has 0 spiro atoms. The van der Waals surface area contributed by atoms with Gasteiger partial charge < -0.3 is 16.0 Å². The summed E-state index contributed by atoms with van der Waals surface area (Å²) in [5.41, 5.74) is 5.71. The Hall–Kier alpha value is -4.58. The minimum atomic E-state index is -0.966. The molecule has 4 amide bonds. The molecule has 2 saturated carbocycles. The van der Waals surface area contributed by atoms with Crippen LogP contribution in [0.3, 0.4) is 0 Å². The van der Waals surface area contributed by atoms with E-state index in [1.165, 1.54) is 12.8 Å². The van der Waals surface area contributed by atoms with Gasteiger partial charge >= 0.3 is 0 Å². The van der Waals surface area contributed by atoms with Crippen LogP contribution in [0.5, 0.6) is 0 Å². The second-order valence-electron chi connectivity index (χ2n) is 13.3. The monoisotopic (exact) mass is 622 g/mol. The largest absolute Gasteiger partial charge is 0.385 e. The summed E-state index contributed by atoms with van der Waals surface area (Å²) in [6.45, 7) is 2.80. The van der Waals surface area contributed by atoms with Gasteiger partial charge in [0.2, 0.25) is 11.8 Å². The first-order valence-corrected chi connectivity index (χ1v) is 16.5. The molecule has 1 aromatic carbocycles. The van der Waals surface area contributed by atoms with Gasteiger partial charge in [-0.25, -0.2) is 0 Å². The average Bonchev–Trinajstić information content (AvgIpc) is 3.75. The van der Waals surface area contributed by atoms with Crippen molar-refractivity contribution in [3.63, 3.8) is 0 Å². The quantitative estimate of drug-likeness (QED) is 0.263. The number of aromatic nitrogens is 3. The van der Waals surface area contributed by atoms with Gasteiger partial charge in [0.05, 0.1) is 34.2 Å². The summed E-state index contributed by atoms with van der Waals surface area (Å²) in [4.78, 5) is 55.9. The van der Waals surface area contributed by atoms with Crippen LogP contribution >= 0.6 is 0 Å². The predicted octanol–water partition coefficient (Wildman–Crippen LogP) is 3.45. The maximum absolute atomic E-state index is 13.2. The lowest BCUT2D eigenvalue weighted by molar-refractivity contribution is -0.136. The van der Waals surface area contributed by atoms with Crippen molar-refractivity contribution in [2.24, 2.45) is 5.92 Å². The SMILES string of the molecule is O=C1CCC(N2C(=O)c3ccc(NCC4CC(n5cc(-c6ncccc6NC6CCNCC6)c(C6CC6)n5)C4)cc3C2=O)C(=O)N1. The van der Waals surface area contributed by atoms with Crippen molar-refractivity contribution in [3.8, 4) is 11.3 Å². The van der Waals surface area contributed by atoms with Crippen molar-refractivity contribution >= 4 is 35.0 Å². The van der Waals surface area contributed by atoms with Crippen LogP contribution in [0.1, 0.15) is 89.7 Å². The first-order chi connectivity index (χ1) is 22.4. The molecule has 5 aliphatic rings. The number of benzene rings is 1. The van der Waals surface area contributed by atoms with Gasteiger partial charge in [0.25, 0.3) is 11.8 Å². The normalized spacial score (nSPS) is 24.9. The summed E-state index contributed by atoms with van der Waals surface area (Å²) < 4.78 is 2.16. The molecule has 4 fully saturated rings. The fourth-order valence-corrected chi connectivity index (χ4v) is 7.28. The van der Waals surface area contributed by atoms with E-state index in [0.717, 1.165) is 78.5 Å². The van der Waals surface area contributed by atoms with Gasteiger partial charge in [-0.2, -0.15) is 5.10 Å². The van der Waals surface area contributed by atoms with E-state index < -0.39 is 23.8 Å². The van der Waals surface area contributed by atoms with Crippen LogP contribution in [0.4, 0.5) is 11.4 Å². The third-order valence-electron chi connectivity index (χ3n) is 10.1. The van der Waals surface area contributed by atoms with E-state index in [2.05, 4.69) is 38.2 Å². The fraction of sp³-hybridized carbons (Fsp3) is 0.471. The molecule has 1 unspecified atom stereocenters. The first-order valence-electron chi connectivity index (χ1n) is 16.5. The van der Waals surface area contributed by atoms with Gasteiger partial charge in [0.15, 0.2) is 0 Å². The zero-order valence-corrected chi connectivity index (χ0v) is 25.6. The van der Waals surface area contributed by atoms with Crippen molar-refractivity contribution in [2.75, 3.05) is 30.3 Å². The molecule has 0 radical (unpaired) electrons. The minimum absolute atomic E-state index is 0.0979. The number of hydrogen-bond donors (Lipinski definition) is 4. The maximum atomic E-state index is 13.2. The number of nitrogens with one attached hydrogen (secondary N) is 4. The molecule has 3 aliphatic heterocycles. The minimum Gasteiger partial charge on any atom is -0.385 e. The van der Waals surface area contributed by atoms with E-state index in [4.69, 9.17) is 10.1 Å². The van der Waals surface area contributed by atoms with Gasteiger partial charge in [-0.15, -0.1) is 0 Å². The Labute approximate surface area is 266 Å². The highest BCUT2D eigenvalue weighted by Gasteiger charge is 2.44. The van der Waals surface area contributed by atoms with Gasteiger partial charge in [0.1, 0.15) is 6.04 Å². The Balaban J connectivity index is 0.913. The summed E-state index contributed by atoms with van der Waals surface area (Å²) in [5, 5.41) is 18.0. The second-order valence-corrected chi connectivity index (χ2v) is 13.3. The molecular formula is C34H38N8O4. The molecule has 2 saturated heterocycles. The Bertz CT molecular complexity index is 1720. The summed E-state index contributed by atoms with van der Waals surface area (Å²) in [6.07, 6.45) is 10.8. The lowest BCUT2D eigenvalue weighted by atomic mass is 9.80. The van der Waals surface area contributed by atoms with Gasteiger partial charge in [-0.3, -0.25) is 39.1 Å². The molecule has 238 valence electrons. The number of piperidine rings is 2. The third kappa shape index (κ3) is 5.34. The molecule has 0 bridgehead atoms. The number of pyridine rings is 1. The molecule has 46 heavy (non-hydrogen) atoms. The molecule has 2 aliphatic carbocycles. The zero-order chi connectivity index (χ0) is 31.4. The number of carbonyl (C=O) groups is 4. The number of imide groups is 2. The summed E-state index contributed by atoms with van der Waals surface area (Å²) in [6, 6.07) is 9.08. The fourth-order valence-electron chi connectivity index (χ4n) is 7.28. The third-order valence-corrected chi connectivity index (χ3v) is 10.1. The van der Waals surface area contributed by atoms with Crippen molar-refractivity contribution in [2.45, 2.75) is 75.4 Å². The topological polar surface area (TPSA) is 150 Å². The highest BCUT2D eigenvalue weighted by atomic mass is 16.2. The molecule has 4 N–H and O–H groups in total. The molecule has 5 heterocycles. The lowest BCUT2D eigenvalue weighted by Crippen LogP contribution is -2.54. The van der Waals surface area contributed by atoms with Crippen LogP contribution in [0.25, 0.3) is 11.3 Å². The molecule has 2 aromatic heterocycles. The number of rotatable bonds is 9. The van der Waals surface area contributed by atoms with E-state index in [9.17, 15) is 19.2 Å². The molecular weight excluding hydrogens is 584 g/mol. The maximum Gasteiger partial charge on any atom is 0.262 e. The van der Waals surface area contributed by atoms with Gasteiger partial charge in [-0.05, 0) is 94.3 Å². The molecule has 3 aromatic rings. The summed E-state index contributed by atoms with van der Waals surface area (Å²) in [5.74, 6) is -1.03. The van der Waals surface area contributed by atoms with Crippen LogP contribution in [-0.2, 0) is 9.59 Å². The van der Waals surface area contributed by atoms with Crippen molar-refractivity contribution in [1.82, 2.24) is 30.3 Å². The van der Waals surface area contributed by atoms with Crippen molar-refractivity contribution < 1.29 is 19.2 Å². The number of amides is 4. The van der Waals surface area contributed by atoms with E-state index >= 15 is 0 Å². The Morgan fingerprint density at radius 1 is 0.913 bits per heavy atom. The first kappa shape index (κ1) is 28.9. The Morgan fingerprint density at radius 2 is 1.72 bits per heavy atom. The zero-order valence-electron chi connectivity index (χ0n) is 25.6. The standard InChI is InChI=1S/C34H38N8O4/c43-29-8-7-28(32(44)39-29)42-33(45)24-6-5-22(16-25(24)34(42)46)37-17-19-14-23(15-19)41-18-26(30(40-41)20-3-4-20)31-27(2-1-11-36-31)38-21-9-12-35-13-10-21/h1-2,5-6,11,16,18-21,23,28,35,37-38H,3-4,7-10,12-15,17H2,(H,39,43,44). The van der Waals surface area contributed by atoms with E-state index in [-0.39, 0.29) is 29.9 Å². The smallest absolute Gasteiger partial charge is 0.262 e. The molecule has 12 nitrogen and oxygen atoms in total. The Kier molecular flexibility index (Phi) is 7.31. The van der Waals surface area contributed by atoms with Crippen LogP contribution in [-0.4, -0.2) is 75.0 Å². The number of nitrogens with zero attached hydrogens (tertiary/aromatic N) is 4. The Morgan fingerprint density at radius 3 is 2.50 bits per heavy atom. The number of carbonyl (C=O) groups excluding carboxylic acids is 4. The summed E-state index contributed by atoms with van der Waals surface area (Å²) >= 11 is 0. The van der Waals surface area contributed by atoms with Crippen LogP contribution in [0, 0.1) is 5.92 Å². The van der Waals surface area contributed by atoms with Crippen molar-refractivity contribution in [3.05, 3.63) is 59.5 Å². The van der Waals surface area contributed by atoms with Gasteiger partial charge in [0, 0.05) is 48.6 Å². The molecule has 1 atom stereocenters. The highest BCUT2D eigenvalue weighted by molar-refractivity contribution is 6.23. The highest BCUT2D eigenvalue weighted by Crippen LogP contribution is 2.46. The van der Waals surface area contributed by atoms with Crippen molar-refractivity contribution in [1.29, 1.82) is 0 Å². The van der Waals surface area contributed by atoms with Crippen LogP contribution in [0.15, 0.2) is 42.7 Å². The number of fused-ring (bicyclic) bond motifs is 1. The molecule has 12 heteroatoms. The van der Waals surface area contributed by atoms with Crippen LogP contribution < -0.4 is 21.3 Å². The average molecular weight is 623 g/mol. The number of anilines is 2. The van der Waals surface area contributed by atoms with Crippen LogP contribution in [0.2, 0.25) is 0 Å². The second kappa shape index (κ2) is 11.7. The molecule has 8 rings (SSSR count). The lowest BCUT2D eigenvalue weighted by Gasteiger charge is -2.35.